The number of aromatic nitrogens is 2. The second kappa shape index (κ2) is 9.92. The van der Waals surface area contributed by atoms with Gasteiger partial charge in [-0.1, -0.05) is 47.7 Å². The summed E-state index contributed by atoms with van der Waals surface area (Å²) in [6.45, 7) is 3.97. The third kappa shape index (κ3) is 4.18. The van der Waals surface area contributed by atoms with Gasteiger partial charge in [-0.15, -0.1) is 0 Å². The summed E-state index contributed by atoms with van der Waals surface area (Å²) in [4.78, 5) is 31.1. The monoisotopic (exact) mass is 575 g/mol. The average Bonchev–Trinajstić information content (AvgIpc) is 3.45. The fraction of sp³-hybridized carbons (Fsp3) is 0.147. The van der Waals surface area contributed by atoms with Crippen LogP contribution in [-0.4, -0.2) is 20.2 Å². The Bertz CT molecular complexity index is 2120. The van der Waals surface area contributed by atoms with Crippen LogP contribution < -0.4 is 14.9 Å². The molecule has 2 aliphatic rings. The van der Waals surface area contributed by atoms with Crippen LogP contribution in [0.4, 0.5) is 4.39 Å². The first-order valence-electron chi connectivity index (χ1n) is 13.7. The molecule has 0 radical (unpaired) electrons. The number of thiazole rings is 1. The molecule has 3 aromatic carbocycles. The van der Waals surface area contributed by atoms with Gasteiger partial charge in [-0.3, -0.25) is 9.36 Å². The number of aryl methyl sites for hydroxylation is 2. The standard InChI is InChI=1S/C34H26FN3O3S/c1-19-17-24(20(2)37(19)26-14-9-23(10-15-26)33(40)41)18-29-32(39)38-31(22-7-12-25(35)13-8-22)28-16-11-21-5-3-4-6-27(21)30(28)36-34(38)42-29/h3-10,12-15,17-18,31H,11,16H2,1-2H3,(H,40,41)/t31-/m1/s1. The number of aromatic carboxylic acids is 1. The first-order valence-corrected chi connectivity index (χ1v) is 14.5. The Hall–Kier alpha value is -4.82. The van der Waals surface area contributed by atoms with Crippen molar-refractivity contribution in [2.24, 2.45) is 4.99 Å². The van der Waals surface area contributed by atoms with Crippen LogP contribution in [0.5, 0.6) is 0 Å². The van der Waals surface area contributed by atoms with E-state index in [-0.39, 0.29) is 23.0 Å². The van der Waals surface area contributed by atoms with Crippen LogP contribution >= 0.6 is 11.3 Å². The summed E-state index contributed by atoms with van der Waals surface area (Å²) in [5.74, 6) is -1.29. The van der Waals surface area contributed by atoms with Crippen LogP contribution in [0.3, 0.4) is 0 Å². The Morgan fingerprint density at radius 3 is 2.50 bits per heavy atom. The van der Waals surface area contributed by atoms with Crippen molar-refractivity contribution in [2.75, 3.05) is 0 Å². The van der Waals surface area contributed by atoms with Crippen molar-refractivity contribution in [3.05, 3.63) is 149 Å². The highest BCUT2D eigenvalue weighted by Crippen LogP contribution is 2.41. The van der Waals surface area contributed by atoms with Gasteiger partial charge in [-0.2, -0.15) is 0 Å². The topological polar surface area (TPSA) is 76.6 Å². The number of allylic oxidation sites excluding steroid dienone is 1. The van der Waals surface area contributed by atoms with Gasteiger partial charge in [0.15, 0.2) is 4.80 Å². The molecule has 3 heterocycles. The van der Waals surface area contributed by atoms with Gasteiger partial charge in [-0.05, 0) is 97.5 Å². The molecular weight excluding hydrogens is 549 g/mol. The summed E-state index contributed by atoms with van der Waals surface area (Å²) < 4.78 is 18.3. The van der Waals surface area contributed by atoms with Gasteiger partial charge >= 0.3 is 5.97 Å². The predicted molar refractivity (Wildman–Crippen MR) is 161 cm³/mol. The molecule has 8 heteroatoms. The van der Waals surface area contributed by atoms with Gasteiger partial charge in [0.05, 0.1) is 21.8 Å². The van der Waals surface area contributed by atoms with E-state index in [1.54, 1.807) is 41.0 Å². The molecule has 0 bridgehead atoms. The van der Waals surface area contributed by atoms with Gasteiger partial charge in [0.1, 0.15) is 5.82 Å². The summed E-state index contributed by atoms with van der Waals surface area (Å²) in [6.07, 6.45) is 3.53. The van der Waals surface area contributed by atoms with E-state index >= 15 is 0 Å². The fourth-order valence-electron chi connectivity index (χ4n) is 6.19. The SMILES string of the molecule is Cc1cc(C=c2sc3n(c2=O)[C@H](c2ccc(F)cc2)C2=C(N=3)c3ccccc3CC2)c(C)n1-c1ccc(C(=O)O)cc1. The minimum absolute atomic E-state index is 0.130. The van der Waals surface area contributed by atoms with Crippen molar-refractivity contribution in [3.63, 3.8) is 0 Å². The lowest BCUT2D eigenvalue weighted by Gasteiger charge is -2.30. The summed E-state index contributed by atoms with van der Waals surface area (Å²) in [6, 6.07) is 23.1. The van der Waals surface area contributed by atoms with E-state index in [1.165, 1.54) is 29.0 Å². The van der Waals surface area contributed by atoms with E-state index in [1.807, 2.05) is 42.7 Å². The largest absolute Gasteiger partial charge is 0.478 e. The van der Waals surface area contributed by atoms with Crippen LogP contribution in [0, 0.1) is 19.7 Å². The molecule has 1 aliphatic carbocycles. The molecule has 0 saturated carbocycles. The van der Waals surface area contributed by atoms with Crippen LogP contribution in [0.1, 0.15) is 56.5 Å². The van der Waals surface area contributed by atoms with E-state index < -0.39 is 5.97 Å². The Kier molecular flexibility index (Phi) is 6.17. The Morgan fingerprint density at radius 2 is 1.76 bits per heavy atom. The number of rotatable bonds is 4. The number of hydrogen-bond donors (Lipinski definition) is 1. The molecule has 0 saturated heterocycles. The number of fused-ring (bicyclic) bond motifs is 3. The van der Waals surface area contributed by atoms with E-state index in [9.17, 15) is 19.1 Å². The molecule has 0 unspecified atom stereocenters. The molecule has 1 atom stereocenters. The second-order valence-electron chi connectivity index (χ2n) is 10.7. The molecule has 0 amide bonds. The Morgan fingerprint density at radius 1 is 1.02 bits per heavy atom. The molecule has 6 nitrogen and oxygen atoms in total. The number of benzene rings is 3. The van der Waals surface area contributed by atoms with Gasteiger partial charge in [-0.25, -0.2) is 14.2 Å². The molecule has 1 aliphatic heterocycles. The van der Waals surface area contributed by atoms with Gasteiger partial charge in [0.25, 0.3) is 5.56 Å². The molecule has 5 aromatic rings. The number of halogens is 1. The van der Waals surface area contributed by atoms with Crippen LogP contribution in [0.15, 0.2) is 94.2 Å². The normalized spacial score (nSPS) is 16.1. The summed E-state index contributed by atoms with van der Waals surface area (Å²) >= 11 is 1.36. The molecule has 1 N–H and O–H groups in total. The molecule has 42 heavy (non-hydrogen) atoms. The Balaban J connectivity index is 1.40. The molecular formula is C34H26FN3O3S. The van der Waals surface area contributed by atoms with E-state index in [4.69, 9.17) is 4.99 Å². The van der Waals surface area contributed by atoms with E-state index in [2.05, 4.69) is 12.1 Å². The van der Waals surface area contributed by atoms with Crippen molar-refractivity contribution >= 4 is 29.1 Å². The third-order valence-corrected chi connectivity index (χ3v) is 9.17. The molecule has 7 rings (SSSR count). The van der Waals surface area contributed by atoms with E-state index in [0.29, 0.717) is 9.33 Å². The van der Waals surface area contributed by atoms with Crippen LogP contribution in [0.25, 0.3) is 17.5 Å². The zero-order valence-corrected chi connectivity index (χ0v) is 23.8. The zero-order valence-electron chi connectivity index (χ0n) is 23.0. The fourth-order valence-corrected chi connectivity index (χ4v) is 7.18. The first kappa shape index (κ1) is 26.1. The smallest absolute Gasteiger partial charge is 0.335 e. The van der Waals surface area contributed by atoms with Crippen molar-refractivity contribution in [1.29, 1.82) is 0 Å². The lowest BCUT2D eigenvalue weighted by Crippen LogP contribution is -2.38. The lowest BCUT2D eigenvalue weighted by molar-refractivity contribution is 0.0697. The quantitative estimate of drug-likeness (QED) is 0.305. The number of nitrogens with zero attached hydrogens (tertiary/aromatic N) is 3. The van der Waals surface area contributed by atoms with Crippen LogP contribution in [-0.2, 0) is 6.42 Å². The molecule has 2 aromatic heterocycles. The maximum absolute atomic E-state index is 14.1. The second-order valence-corrected chi connectivity index (χ2v) is 11.7. The highest BCUT2D eigenvalue weighted by atomic mass is 32.1. The van der Waals surface area contributed by atoms with Crippen molar-refractivity contribution in [1.82, 2.24) is 9.13 Å². The predicted octanol–water partition coefficient (Wildman–Crippen LogP) is 5.56. The van der Waals surface area contributed by atoms with Gasteiger partial charge in [0, 0.05) is 22.6 Å². The number of carbonyl (C=O) groups is 1. The van der Waals surface area contributed by atoms with Gasteiger partial charge in [0.2, 0.25) is 0 Å². The van der Waals surface area contributed by atoms with Crippen molar-refractivity contribution in [2.45, 2.75) is 32.7 Å². The first-order chi connectivity index (χ1) is 20.3. The van der Waals surface area contributed by atoms with E-state index in [0.717, 1.165) is 57.9 Å². The van der Waals surface area contributed by atoms with Crippen molar-refractivity contribution < 1.29 is 14.3 Å². The Labute approximate surface area is 244 Å². The summed E-state index contributed by atoms with van der Waals surface area (Å²) in [5.41, 5.74) is 8.89. The highest BCUT2D eigenvalue weighted by molar-refractivity contribution is 7.07. The minimum atomic E-state index is -0.970. The molecule has 0 spiro atoms. The average molecular weight is 576 g/mol. The summed E-state index contributed by atoms with van der Waals surface area (Å²) in [5, 5.41) is 9.27. The lowest BCUT2D eigenvalue weighted by atomic mass is 9.83. The molecule has 0 fully saturated rings. The molecule has 208 valence electrons. The van der Waals surface area contributed by atoms with Crippen molar-refractivity contribution in [3.8, 4) is 5.69 Å². The number of carboxylic acids is 1. The summed E-state index contributed by atoms with van der Waals surface area (Å²) in [7, 11) is 0. The number of hydrogen-bond acceptors (Lipinski definition) is 4. The van der Waals surface area contributed by atoms with Gasteiger partial charge < -0.3 is 9.67 Å². The maximum Gasteiger partial charge on any atom is 0.335 e. The minimum Gasteiger partial charge on any atom is -0.478 e. The maximum atomic E-state index is 14.1. The zero-order chi connectivity index (χ0) is 29.1. The third-order valence-electron chi connectivity index (χ3n) is 8.19. The van der Waals surface area contributed by atoms with Crippen LogP contribution in [0.2, 0.25) is 0 Å². The number of carboxylic acid groups (broad SMARTS) is 1. The highest BCUT2D eigenvalue weighted by Gasteiger charge is 2.32.